The predicted octanol–water partition coefficient (Wildman–Crippen LogP) is 13.6. The van der Waals surface area contributed by atoms with Gasteiger partial charge in [-0.15, -0.1) is 0 Å². The minimum atomic E-state index is -2.74. The third-order valence-corrected chi connectivity index (χ3v) is 18.8. The zero-order valence-electron chi connectivity index (χ0n) is 59.7. The fourth-order valence-electron chi connectivity index (χ4n) is 12.4. The number of rotatable bonds is 18. The Kier molecular flexibility index (Phi) is 26.3. The maximum atomic E-state index is 13.6. The van der Waals surface area contributed by atoms with Crippen LogP contribution in [0.25, 0.3) is 28.3 Å². The zero-order chi connectivity index (χ0) is 79.2. The molecule has 109 heavy (non-hydrogen) atoms. The Morgan fingerprint density at radius 1 is 0.550 bits per heavy atom. The Hall–Kier alpha value is -11.8. The van der Waals surface area contributed by atoms with Gasteiger partial charge < -0.3 is 53.9 Å². The first-order valence-corrected chi connectivity index (χ1v) is 35.4. The minimum absolute atomic E-state index is 0.0000316. The number of nitrogens with two attached hydrogens (primary N) is 6. The smallest absolute Gasteiger partial charge is 0.359 e. The molecule has 9 aromatic rings. The standard InChI is InChI=1S/C25H26F3N5O2.C19H24F2N4O2.C19H18F2N4O2.C13H11BrN4O2/c1-14-2-5-17(26)12-19(14)24(35)31-13-15-3-6-18(7-4-15)33-22(23(30)34)20(29)21(32-33)16-8-10-25(27,28)11-9-16;2*1-2-27-18(26)17-15(23)16(13-7-9-19(20,21)10-8-13)24-25(17)14-5-3-12(11-22)4-6-14;1-2-20-13(19)11-10(16)12(14)17-18(11)9-5-3-8(7-15)4-6-9/h2-7,12,16H,8-11,13,29H2,1H3,(H2,30,34)(H,31,35);3-6,13H,2,7-11,22-23H2,1H3;3-7H,2,8-10,23H2,1H3;3-6H,2,16H2,1H3. The summed E-state index contributed by atoms with van der Waals surface area (Å²) in [7, 11) is 0. The number of nitrogens with zero attached hydrogens (tertiary/aromatic N) is 10. The van der Waals surface area contributed by atoms with E-state index in [1.54, 1.807) is 113 Å². The highest BCUT2D eigenvalue weighted by Gasteiger charge is 2.41. The van der Waals surface area contributed by atoms with Crippen LogP contribution in [0.4, 0.5) is 53.5 Å². The highest BCUT2D eigenvalue weighted by Crippen LogP contribution is 2.45. The maximum Gasteiger partial charge on any atom is 0.359 e. The molecule has 2 amide bonds. The van der Waals surface area contributed by atoms with Gasteiger partial charge in [0.25, 0.3) is 17.7 Å². The lowest BCUT2D eigenvalue weighted by Crippen LogP contribution is -2.24. The number of aryl methyl sites for hydroxylation is 1. The van der Waals surface area contributed by atoms with Crippen molar-refractivity contribution in [3.05, 3.63) is 205 Å². The van der Waals surface area contributed by atoms with E-state index in [9.17, 15) is 54.7 Å². The first-order valence-electron chi connectivity index (χ1n) is 34.6. The second-order valence-corrected chi connectivity index (χ2v) is 26.4. The molecule has 33 heteroatoms. The molecule has 0 spiro atoms. The second kappa shape index (κ2) is 35.3. The maximum absolute atomic E-state index is 13.6. The van der Waals surface area contributed by atoms with Gasteiger partial charge in [0.05, 0.1) is 94.3 Å². The van der Waals surface area contributed by atoms with E-state index in [0.29, 0.717) is 73.2 Å². The van der Waals surface area contributed by atoms with Crippen molar-refractivity contribution in [3.8, 4) is 34.9 Å². The van der Waals surface area contributed by atoms with Crippen molar-refractivity contribution in [3.63, 3.8) is 0 Å². The number of primary amides is 1. The Labute approximate surface area is 630 Å². The van der Waals surface area contributed by atoms with Crippen molar-refractivity contribution in [2.45, 2.75) is 141 Å². The molecule has 25 nitrogen and oxygen atoms in total. The summed E-state index contributed by atoms with van der Waals surface area (Å²) >= 11 is 3.19. The summed E-state index contributed by atoms with van der Waals surface area (Å²) in [6.07, 6.45) is 0.919. The summed E-state index contributed by atoms with van der Waals surface area (Å²) in [4.78, 5) is 61.4. The fraction of sp³-hybridized carbons (Fsp3) is 0.329. The summed E-state index contributed by atoms with van der Waals surface area (Å²) in [6.45, 7) is 8.00. The molecule has 2 saturated carbocycles. The number of benzene rings is 5. The molecule has 5 aromatic carbocycles. The molecular weight excluding hydrogens is 1490 g/mol. The van der Waals surface area contributed by atoms with Crippen LogP contribution in [0, 0.1) is 35.4 Å². The van der Waals surface area contributed by atoms with E-state index in [0.717, 1.165) is 11.1 Å². The molecule has 4 heterocycles. The quantitative estimate of drug-likeness (QED) is 0.0238. The number of hydrogen-bond acceptors (Lipinski definition) is 19. The van der Waals surface area contributed by atoms with Crippen LogP contribution in [0.15, 0.2) is 126 Å². The number of nitriles is 2. The van der Waals surface area contributed by atoms with Crippen molar-refractivity contribution in [1.29, 1.82) is 10.5 Å². The number of aromatic nitrogens is 8. The van der Waals surface area contributed by atoms with Crippen molar-refractivity contribution in [2.24, 2.45) is 11.5 Å². The lowest BCUT2D eigenvalue weighted by Gasteiger charge is -2.27. The number of nitrogens with one attached hydrogen (secondary N) is 1. The van der Waals surface area contributed by atoms with Gasteiger partial charge in [-0.25, -0.2) is 63.8 Å². The average Bonchev–Trinajstić information content (AvgIpc) is 1.65. The van der Waals surface area contributed by atoms with Gasteiger partial charge in [-0.1, -0.05) is 36.4 Å². The van der Waals surface area contributed by atoms with Crippen molar-refractivity contribution >= 4 is 74.0 Å². The van der Waals surface area contributed by atoms with E-state index in [1.807, 2.05) is 24.3 Å². The SMILES string of the molecule is CCOC(=O)c1c(N)c(Br)nn1-c1ccc(C#N)cc1.CCOC(=O)c1c(N)c(C2=CCC(F)(F)CC2)nn1-c1ccc(C#N)cc1.CCOC(=O)c1c(N)c(C2CCC(F)(F)CC2)nn1-c1ccc(CN)cc1.Cc1ccc(F)cc1C(=O)NCc1ccc(-n2nc(C3CCC(F)(F)CC3)c(N)c2C(N)=O)cc1. The lowest BCUT2D eigenvalue weighted by molar-refractivity contribution is -0.0390. The molecule has 0 saturated heterocycles. The average molecular weight is 1570 g/mol. The molecule has 572 valence electrons. The molecule has 0 radical (unpaired) electrons. The number of carbonyl (C=O) groups excluding carboxylic acids is 5. The van der Waals surface area contributed by atoms with Gasteiger partial charge in [0.2, 0.25) is 11.8 Å². The Bertz CT molecular complexity index is 4910. The van der Waals surface area contributed by atoms with Crippen LogP contribution in [-0.4, -0.2) is 106 Å². The molecule has 3 aliphatic rings. The van der Waals surface area contributed by atoms with Crippen LogP contribution in [0.1, 0.15) is 200 Å². The van der Waals surface area contributed by atoms with E-state index in [1.165, 1.54) is 43.0 Å². The van der Waals surface area contributed by atoms with Crippen LogP contribution in [-0.2, 0) is 27.3 Å². The van der Waals surface area contributed by atoms with Crippen LogP contribution in [0.3, 0.4) is 0 Å². The molecule has 3 aliphatic carbocycles. The third-order valence-electron chi connectivity index (χ3n) is 18.2. The van der Waals surface area contributed by atoms with Gasteiger partial charge in [-0.3, -0.25) is 9.59 Å². The molecule has 13 N–H and O–H groups in total. The molecule has 0 atom stereocenters. The van der Waals surface area contributed by atoms with Gasteiger partial charge in [0, 0.05) is 69.0 Å². The number of alkyl halides is 6. The van der Waals surface area contributed by atoms with Crippen LogP contribution in [0.5, 0.6) is 0 Å². The molecule has 0 bridgehead atoms. The summed E-state index contributed by atoms with van der Waals surface area (Å²) in [6, 6.07) is 35.2. The number of carbonyl (C=O) groups is 5. The minimum Gasteiger partial charge on any atom is -0.461 e. The van der Waals surface area contributed by atoms with Crippen LogP contribution >= 0.6 is 15.9 Å². The monoisotopic (exact) mass is 1570 g/mol. The topological polar surface area (TPSA) is 400 Å². The number of halogens is 8. The molecule has 12 rings (SSSR count). The van der Waals surface area contributed by atoms with Gasteiger partial charge in [-0.05, 0) is 183 Å². The molecule has 2 fully saturated rings. The predicted molar refractivity (Wildman–Crippen MR) is 395 cm³/mol. The Morgan fingerprint density at radius 2 is 0.954 bits per heavy atom. The van der Waals surface area contributed by atoms with Gasteiger partial charge >= 0.3 is 17.9 Å². The van der Waals surface area contributed by atoms with Gasteiger partial charge in [0.1, 0.15) is 17.2 Å². The van der Waals surface area contributed by atoms with Crippen molar-refractivity contribution < 1.29 is 68.9 Å². The van der Waals surface area contributed by atoms with Crippen molar-refractivity contribution in [1.82, 2.24) is 44.4 Å². The lowest BCUT2D eigenvalue weighted by atomic mass is 9.84. The summed E-state index contributed by atoms with van der Waals surface area (Å²) < 4.78 is 116. The van der Waals surface area contributed by atoms with E-state index in [-0.39, 0.29) is 160 Å². The Morgan fingerprint density at radius 3 is 1.38 bits per heavy atom. The van der Waals surface area contributed by atoms with Crippen molar-refractivity contribution in [2.75, 3.05) is 42.8 Å². The molecular formula is C76H79BrF7N17O8. The summed E-state index contributed by atoms with van der Waals surface area (Å²) in [5, 5.41) is 38.0. The number of hydrogen-bond donors (Lipinski definition) is 7. The fourth-order valence-corrected chi connectivity index (χ4v) is 12.7. The second-order valence-electron chi connectivity index (χ2n) is 25.7. The highest BCUT2D eigenvalue weighted by molar-refractivity contribution is 9.10. The Balaban J connectivity index is 0.000000170. The molecule has 0 unspecified atom stereocenters. The number of nitrogen functional groups attached to an aromatic ring is 4. The number of allylic oxidation sites excluding steroid dienone is 2. The summed E-state index contributed by atoms with van der Waals surface area (Å²) in [5.41, 5.74) is 44.2. The molecule has 0 aliphatic heterocycles. The molecule has 4 aromatic heterocycles. The van der Waals surface area contributed by atoms with Gasteiger partial charge in [-0.2, -0.15) is 30.9 Å². The van der Waals surface area contributed by atoms with E-state index < -0.39 is 53.3 Å². The first kappa shape index (κ1) is 81.2. The largest absolute Gasteiger partial charge is 0.461 e. The van der Waals surface area contributed by atoms with E-state index >= 15 is 0 Å². The highest BCUT2D eigenvalue weighted by atomic mass is 79.9. The third kappa shape index (κ3) is 19.5. The first-order chi connectivity index (χ1) is 51.8. The van der Waals surface area contributed by atoms with Gasteiger partial charge in [0.15, 0.2) is 27.4 Å². The van der Waals surface area contributed by atoms with Crippen LogP contribution in [0.2, 0.25) is 0 Å². The van der Waals surface area contributed by atoms with E-state index in [4.69, 9.17) is 59.1 Å². The normalized spacial score (nSPS) is 15.0. The number of esters is 3. The van der Waals surface area contributed by atoms with E-state index in [2.05, 4.69) is 41.6 Å². The summed E-state index contributed by atoms with van der Waals surface area (Å²) in [5.74, 6) is -12.0. The zero-order valence-corrected chi connectivity index (χ0v) is 61.3. The number of ether oxygens (including phenoxy) is 3. The number of anilines is 4. The van der Waals surface area contributed by atoms with Crippen LogP contribution < -0.4 is 39.7 Å². The number of amides is 2.